The van der Waals surface area contributed by atoms with Crippen LogP contribution in [0.25, 0.3) is 0 Å². The number of rotatable bonds is 4. The van der Waals surface area contributed by atoms with Crippen molar-refractivity contribution in [3.8, 4) is 0 Å². The number of nitrogens with zero attached hydrogens (tertiary/aromatic N) is 4. The summed E-state index contributed by atoms with van der Waals surface area (Å²) in [6.45, 7) is 27.0. The predicted molar refractivity (Wildman–Crippen MR) is 245 cm³/mol. The Bertz CT molecular complexity index is 1910. The van der Waals surface area contributed by atoms with Crippen LogP contribution in [-0.4, -0.2) is 35.0 Å². The first-order valence-corrected chi connectivity index (χ1v) is 23.5. The number of hydrogen-bond donors (Lipinski definition) is 0. The highest BCUT2D eigenvalue weighted by Crippen LogP contribution is 2.51. The monoisotopic (exact) mass is 804 g/mol. The van der Waals surface area contributed by atoms with E-state index < -0.39 is 0 Å². The fourth-order valence-electron chi connectivity index (χ4n) is 7.20. The summed E-state index contributed by atoms with van der Waals surface area (Å²) in [5.41, 5.74) is 13.9. The van der Waals surface area contributed by atoms with Gasteiger partial charge in [-0.3, -0.25) is 0 Å². The third-order valence-electron chi connectivity index (χ3n) is 10.7. The number of hydrogen-bond acceptors (Lipinski definition) is 8. The highest BCUT2D eigenvalue weighted by Gasteiger charge is 2.35. The number of fused-ring (bicyclic) bond motifs is 4. The van der Waals surface area contributed by atoms with Crippen molar-refractivity contribution >= 4 is 81.8 Å². The van der Waals surface area contributed by atoms with Crippen molar-refractivity contribution in [1.29, 1.82) is 0 Å². The number of thioether (sulfide) groups is 4. The first kappa shape index (κ1) is 41.7. The molecule has 0 saturated heterocycles. The molecule has 2 aliphatic rings. The van der Waals surface area contributed by atoms with Gasteiger partial charge in [0, 0.05) is 48.0 Å². The van der Waals surface area contributed by atoms with Gasteiger partial charge in [-0.1, -0.05) is 104 Å². The molecule has 0 N–H and O–H groups in total. The molecular weight excluding hydrogens is 749 g/mol. The lowest BCUT2D eigenvalue weighted by atomic mass is 9.98. The standard InChI is InChI=1S/C47H56N4S4/c1-27(2)35-17-13-31(9)43-39(35)48-25-49-40-36(28(3)4)18-14-32(10)44(40)53-22-47(21-52-43)23-54-45-33(11)15-19-37(29(5)6)41(45)50-26-51-42-38(30(7)8)20-16-34(12)46(42)55-24-47/h13-20,27-30H,21-24H2,1-12H3. The molecule has 0 saturated carbocycles. The molecule has 0 radical (unpaired) electrons. The van der Waals surface area contributed by atoms with Gasteiger partial charge in [0.15, 0.2) is 0 Å². The van der Waals surface area contributed by atoms with Gasteiger partial charge in [0.25, 0.3) is 0 Å². The molecule has 0 fully saturated rings. The Hall–Kier alpha value is -2.96. The predicted octanol–water partition coefficient (Wildman–Crippen LogP) is 15.8. The second-order valence-electron chi connectivity index (χ2n) is 16.5. The molecule has 4 aromatic carbocycles. The van der Waals surface area contributed by atoms with E-state index in [1.165, 1.54) is 64.1 Å². The maximum atomic E-state index is 5.10. The summed E-state index contributed by atoms with van der Waals surface area (Å²) >= 11 is 7.87. The molecule has 0 aromatic heterocycles. The van der Waals surface area contributed by atoms with E-state index in [-0.39, 0.29) is 5.41 Å². The Morgan fingerprint density at radius 3 is 0.818 bits per heavy atom. The van der Waals surface area contributed by atoms with Crippen molar-refractivity contribution in [2.24, 2.45) is 25.4 Å². The Kier molecular flexibility index (Phi) is 13.4. The van der Waals surface area contributed by atoms with Crippen LogP contribution in [0.2, 0.25) is 0 Å². The van der Waals surface area contributed by atoms with E-state index in [1.807, 2.05) is 47.0 Å². The quantitative estimate of drug-likeness (QED) is 0.206. The van der Waals surface area contributed by atoms with Gasteiger partial charge in [0.05, 0.1) is 22.7 Å². The lowest BCUT2D eigenvalue weighted by molar-refractivity contribution is 0.515. The average molecular weight is 805 g/mol. The van der Waals surface area contributed by atoms with Gasteiger partial charge in [-0.2, -0.15) is 20.0 Å². The summed E-state index contributed by atoms with van der Waals surface area (Å²) in [6.07, 6.45) is 0. The number of aliphatic imine (C=N–C) groups is 4. The van der Waals surface area contributed by atoms with E-state index in [1.54, 1.807) is 0 Å². The van der Waals surface area contributed by atoms with Crippen LogP contribution in [-0.2, 0) is 0 Å². The fraction of sp³-hybridized carbons (Fsp3) is 0.447. The molecule has 8 heteroatoms. The summed E-state index contributed by atoms with van der Waals surface area (Å²) in [5.74, 6) is 5.00. The SMILES string of the molecule is Cc1ccc(C(C)C)c2c1SCC1(CSc3c(C)ccc(C(C)C)c3N=C=N2)CSc2c(C)ccc(C(C)C)c2N=C=Nc2c(C(C)C)ccc(C)c2SC1. The van der Waals surface area contributed by atoms with E-state index in [0.29, 0.717) is 23.7 Å². The minimum absolute atomic E-state index is 0.117. The maximum absolute atomic E-state index is 5.10. The van der Waals surface area contributed by atoms with Gasteiger partial charge < -0.3 is 0 Å². The molecule has 4 nitrogen and oxygen atoms in total. The highest BCUT2D eigenvalue weighted by molar-refractivity contribution is 8.02. The van der Waals surface area contributed by atoms with Gasteiger partial charge in [0.1, 0.15) is 12.0 Å². The van der Waals surface area contributed by atoms with Crippen LogP contribution in [0.3, 0.4) is 0 Å². The first-order valence-electron chi connectivity index (χ1n) is 19.6. The zero-order valence-electron chi connectivity index (χ0n) is 34.7. The molecule has 0 amide bonds. The molecule has 0 aliphatic carbocycles. The normalized spacial score (nSPS) is 17.5. The van der Waals surface area contributed by atoms with Crippen molar-refractivity contribution in [3.63, 3.8) is 0 Å². The molecule has 0 atom stereocenters. The summed E-state index contributed by atoms with van der Waals surface area (Å²) in [7, 11) is 0. The van der Waals surface area contributed by atoms with Gasteiger partial charge in [-0.05, 0) is 95.9 Å². The number of aryl methyl sites for hydroxylation is 4. The van der Waals surface area contributed by atoms with Crippen LogP contribution < -0.4 is 0 Å². The van der Waals surface area contributed by atoms with Crippen molar-refractivity contribution in [2.45, 2.75) is 126 Å². The Morgan fingerprint density at radius 2 is 0.618 bits per heavy atom. The van der Waals surface area contributed by atoms with Crippen molar-refractivity contribution in [1.82, 2.24) is 0 Å². The molecule has 0 unspecified atom stereocenters. The summed E-state index contributed by atoms with van der Waals surface area (Å²) in [6, 6.07) is 24.6. The Morgan fingerprint density at radius 1 is 0.400 bits per heavy atom. The van der Waals surface area contributed by atoms with E-state index in [2.05, 4.69) is 144 Å². The molecule has 6 rings (SSSR count). The lowest BCUT2D eigenvalue weighted by Gasteiger charge is -2.35. The average Bonchev–Trinajstić information content (AvgIpc) is 3.12. The van der Waals surface area contributed by atoms with Gasteiger partial charge in [0.2, 0.25) is 0 Å². The third kappa shape index (κ3) is 8.96. The molecular formula is C47H56N4S4. The highest BCUT2D eigenvalue weighted by atomic mass is 32.2. The second kappa shape index (κ2) is 17.7. The molecule has 288 valence electrons. The lowest BCUT2D eigenvalue weighted by Crippen LogP contribution is -2.33. The van der Waals surface area contributed by atoms with Crippen molar-refractivity contribution in [3.05, 3.63) is 93.0 Å². The molecule has 1 spiro atoms. The van der Waals surface area contributed by atoms with Crippen LogP contribution in [0.15, 0.2) is 88.1 Å². The van der Waals surface area contributed by atoms with Crippen LogP contribution in [0.4, 0.5) is 22.7 Å². The van der Waals surface area contributed by atoms with Crippen molar-refractivity contribution < 1.29 is 0 Å². The molecule has 55 heavy (non-hydrogen) atoms. The van der Waals surface area contributed by atoms with Crippen molar-refractivity contribution in [2.75, 3.05) is 23.0 Å². The Labute approximate surface area is 347 Å². The topological polar surface area (TPSA) is 49.4 Å². The van der Waals surface area contributed by atoms with Gasteiger partial charge >= 0.3 is 0 Å². The second-order valence-corrected chi connectivity index (χ2v) is 20.5. The first-order chi connectivity index (χ1) is 26.2. The minimum atomic E-state index is -0.117. The molecule has 4 aromatic rings. The van der Waals surface area contributed by atoms with E-state index in [9.17, 15) is 0 Å². The zero-order chi connectivity index (χ0) is 39.6. The summed E-state index contributed by atoms with van der Waals surface area (Å²) < 4.78 is 0. The molecule has 0 bridgehead atoms. The third-order valence-corrected chi connectivity index (χ3v) is 16.9. The van der Waals surface area contributed by atoms with E-state index in [0.717, 1.165) is 45.8 Å². The Balaban J connectivity index is 1.63. The van der Waals surface area contributed by atoms with Gasteiger partial charge in [-0.15, -0.1) is 47.0 Å². The van der Waals surface area contributed by atoms with E-state index >= 15 is 0 Å². The zero-order valence-corrected chi connectivity index (χ0v) is 37.9. The molecule has 2 heterocycles. The van der Waals surface area contributed by atoms with Crippen LogP contribution in [0, 0.1) is 33.1 Å². The van der Waals surface area contributed by atoms with Crippen LogP contribution in [0.5, 0.6) is 0 Å². The number of benzene rings is 4. The molecule has 2 aliphatic heterocycles. The minimum Gasteiger partial charge on any atom is -0.186 e. The smallest absolute Gasteiger partial charge is 0.101 e. The largest absolute Gasteiger partial charge is 0.186 e. The summed E-state index contributed by atoms with van der Waals surface area (Å²) in [5, 5.41) is 0. The van der Waals surface area contributed by atoms with Crippen LogP contribution >= 0.6 is 47.0 Å². The van der Waals surface area contributed by atoms with Gasteiger partial charge in [-0.25, -0.2) is 0 Å². The van der Waals surface area contributed by atoms with Crippen LogP contribution in [0.1, 0.15) is 124 Å². The van der Waals surface area contributed by atoms with E-state index in [4.69, 9.17) is 20.0 Å². The maximum Gasteiger partial charge on any atom is 0.101 e. The summed E-state index contributed by atoms with van der Waals surface area (Å²) in [4.78, 5) is 25.3. The fourth-order valence-corrected chi connectivity index (χ4v) is 13.4.